The number of nitrogens with zero attached hydrogens (tertiary/aromatic N) is 1. The summed E-state index contributed by atoms with van der Waals surface area (Å²) in [5.74, 6) is -1.25. The fourth-order valence-corrected chi connectivity index (χ4v) is 3.54. The fraction of sp³-hybridized carbons (Fsp3) is 0.938. The smallest absolute Gasteiger partial charge is 0.327 e. The Morgan fingerprint density at radius 3 is 2.17 bits per heavy atom. The van der Waals surface area contributed by atoms with E-state index in [2.05, 4.69) is 0 Å². The zero-order valence-corrected chi connectivity index (χ0v) is 15.6. The van der Waals surface area contributed by atoms with E-state index in [4.69, 9.17) is 5.11 Å². The third-order valence-corrected chi connectivity index (χ3v) is 5.04. The fourth-order valence-electron chi connectivity index (χ4n) is 2.82. The number of β-amino-alcohol motifs (C(OH)–C–C–N with tert-alkyl or cyclic N) is 1. The van der Waals surface area contributed by atoms with E-state index < -0.39 is 38.9 Å². The number of aliphatic hydroxyl groups excluding tert-OH is 3. The van der Waals surface area contributed by atoms with Crippen LogP contribution in [0.15, 0.2) is 0 Å². The highest BCUT2D eigenvalue weighted by Gasteiger charge is 2.50. The molecule has 0 heterocycles. The van der Waals surface area contributed by atoms with Crippen LogP contribution < -0.4 is 0 Å². The number of aliphatic carboxylic acids is 1. The summed E-state index contributed by atoms with van der Waals surface area (Å²) in [7, 11) is -0.592. The van der Waals surface area contributed by atoms with Crippen LogP contribution >= 0.6 is 8.61 Å². The zero-order valence-electron chi connectivity index (χ0n) is 14.7. The van der Waals surface area contributed by atoms with E-state index in [0.717, 1.165) is 30.4 Å². The van der Waals surface area contributed by atoms with E-state index in [-0.39, 0.29) is 19.4 Å². The normalized spacial score (nSPS) is 16.9. The minimum Gasteiger partial charge on any atom is -0.480 e. The molecule has 0 aliphatic heterocycles. The van der Waals surface area contributed by atoms with Gasteiger partial charge in [0.1, 0.15) is 0 Å². The molecule has 0 aromatic rings. The summed E-state index contributed by atoms with van der Waals surface area (Å²) in [6.45, 7) is 3.14. The van der Waals surface area contributed by atoms with Crippen molar-refractivity contribution in [1.82, 2.24) is 4.67 Å². The van der Waals surface area contributed by atoms with Gasteiger partial charge in [0.05, 0.1) is 18.8 Å². The predicted molar refractivity (Wildman–Crippen MR) is 92.1 cm³/mol. The van der Waals surface area contributed by atoms with Crippen LogP contribution in [0.25, 0.3) is 0 Å². The Kier molecular flexibility index (Phi) is 12.4. The molecule has 0 spiro atoms. The molecule has 0 amide bonds. The standard InChI is InChI=1S/C16H32NO6P/c1-3-5-7-9-14(20)16(15(21)22,10-8-6-4-2)17(24-23)11-13(19)12-18/h13-14,18-20H,3-12H2,1-2H3,(H,21,22). The lowest BCUT2D eigenvalue weighted by Crippen LogP contribution is -2.60. The predicted octanol–water partition coefficient (Wildman–Crippen LogP) is 2.19. The molecule has 4 N–H and O–H groups in total. The van der Waals surface area contributed by atoms with Crippen LogP contribution in [-0.2, 0) is 9.36 Å². The molecule has 0 radical (unpaired) electrons. The Balaban J connectivity index is 5.52. The highest BCUT2D eigenvalue weighted by Crippen LogP contribution is 2.35. The molecule has 7 nitrogen and oxygen atoms in total. The Morgan fingerprint density at radius 2 is 1.71 bits per heavy atom. The van der Waals surface area contributed by atoms with Crippen molar-refractivity contribution < 1.29 is 29.8 Å². The maximum absolute atomic E-state index is 12.1. The first-order valence-electron chi connectivity index (χ1n) is 8.71. The van der Waals surface area contributed by atoms with E-state index in [9.17, 15) is 24.7 Å². The number of aliphatic hydroxyl groups is 3. The molecular weight excluding hydrogens is 333 g/mol. The lowest BCUT2D eigenvalue weighted by molar-refractivity contribution is -0.158. The summed E-state index contributed by atoms with van der Waals surface area (Å²) < 4.78 is 12.7. The third kappa shape index (κ3) is 6.73. The first kappa shape index (κ1) is 23.4. The quantitative estimate of drug-likeness (QED) is 0.259. The second-order valence-corrected chi connectivity index (χ2v) is 6.84. The summed E-state index contributed by atoms with van der Waals surface area (Å²) in [6.07, 6.45) is 2.72. The molecule has 0 aromatic heterocycles. The monoisotopic (exact) mass is 365 g/mol. The highest BCUT2D eigenvalue weighted by atomic mass is 31.1. The molecule has 0 bridgehead atoms. The summed E-state index contributed by atoms with van der Waals surface area (Å²) in [5.41, 5.74) is -1.73. The second kappa shape index (κ2) is 12.7. The van der Waals surface area contributed by atoms with Crippen LogP contribution in [0.3, 0.4) is 0 Å². The summed E-state index contributed by atoms with van der Waals surface area (Å²) in [6, 6.07) is 0. The second-order valence-electron chi connectivity index (χ2n) is 6.20. The number of carboxylic acid groups (broad SMARTS) is 1. The van der Waals surface area contributed by atoms with E-state index in [1.54, 1.807) is 0 Å². The van der Waals surface area contributed by atoms with Gasteiger partial charge in [0.15, 0.2) is 5.54 Å². The number of carboxylic acids is 1. The molecule has 3 atom stereocenters. The molecule has 0 aromatic carbocycles. The largest absolute Gasteiger partial charge is 0.480 e. The summed E-state index contributed by atoms with van der Waals surface area (Å²) >= 11 is 0. The first-order valence-corrected chi connectivity index (χ1v) is 9.48. The van der Waals surface area contributed by atoms with Gasteiger partial charge in [0.2, 0.25) is 8.61 Å². The van der Waals surface area contributed by atoms with Crippen LogP contribution in [0.4, 0.5) is 0 Å². The van der Waals surface area contributed by atoms with E-state index >= 15 is 0 Å². The van der Waals surface area contributed by atoms with Crippen molar-refractivity contribution in [2.24, 2.45) is 0 Å². The van der Waals surface area contributed by atoms with Gasteiger partial charge in [0, 0.05) is 6.54 Å². The van der Waals surface area contributed by atoms with Gasteiger partial charge in [-0.1, -0.05) is 52.4 Å². The molecule has 0 rings (SSSR count). The maximum Gasteiger partial charge on any atom is 0.327 e. The van der Waals surface area contributed by atoms with E-state index in [0.29, 0.717) is 12.8 Å². The van der Waals surface area contributed by atoms with E-state index in [1.807, 2.05) is 13.8 Å². The Hall–Kier alpha value is -0.590. The van der Waals surface area contributed by atoms with Crippen molar-refractivity contribution in [3.05, 3.63) is 0 Å². The number of unbranched alkanes of at least 4 members (excludes halogenated alkanes) is 4. The van der Waals surface area contributed by atoms with Gasteiger partial charge in [-0.2, -0.15) is 0 Å². The third-order valence-electron chi connectivity index (χ3n) is 4.32. The van der Waals surface area contributed by atoms with Gasteiger partial charge < -0.3 is 20.4 Å². The molecule has 0 saturated carbocycles. The van der Waals surface area contributed by atoms with E-state index in [1.165, 1.54) is 0 Å². The van der Waals surface area contributed by atoms with Crippen molar-refractivity contribution in [2.75, 3.05) is 13.2 Å². The van der Waals surface area contributed by atoms with Crippen LogP contribution in [-0.4, -0.2) is 62.0 Å². The molecule has 8 heteroatoms. The minimum atomic E-state index is -1.73. The van der Waals surface area contributed by atoms with Crippen molar-refractivity contribution in [1.29, 1.82) is 0 Å². The highest BCUT2D eigenvalue weighted by molar-refractivity contribution is 7.20. The SMILES string of the molecule is CCCCCC(O)C(CCCCC)(C(=O)O)N(CC(O)CO)P=O. The molecule has 24 heavy (non-hydrogen) atoms. The number of carbonyl (C=O) groups is 1. The molecule has 0 aliphatic carbocycles. The van der Waals surface area contributed by atoms with Gasteiger partial charge in [-0.05, 0) is 12.8 Å². The molecule has 0 saturated heterocycles. The van der Waals surface area contributed by atoms with Gasteiger partial charge >= 0.3 is 5.97 Å². The van der Waals surface area contributed by atoms with Gasteiger partial charge in [0.25, 0.3) is 0 Å². The number of hydrogen-bond acceptors (Lipinski definition) is 5. The molecular formula is C16H32NO6P. The van der Waals surface area contributed by atoms with Crippen molar-refractivity contribution in [2.45, 2.75) is 83.0 Å². The van der Waals surface area contributed by atoms with Crippen LogP contribution in [0.1, 0.15) is 65.2 Å². The van der Waals surface area contributed by atoms with Crippen LogP contribution in [0.2, 0.25) is 0 Å². The lowest BCUT2D eigenvalue weighted by atomic mass is 9.83. The minimum absolute atomic E-state index is 0.136. The van der Waals surface area contributed by atoms with Crippen LogP contribution in [0.5, 0.6) is 0 Å². The average Bonchev–Trinajstić information content (AvgIpc) is 2.56. The van der Waals surface area contributed by atoms with Gasteiger partial charge in [-0.3, -0.25) is 9.36 Å². The average molecular weight is 365 g/mol. The van der Waals surface area contributed by atoms with Gasteiger partial charge in [-0.15, -0.1) is 0 Å². The Labute approximate surface area is 145 Å². The van der Waals surface area contributed by atoms with Crippen molar-refractivity contribution in [3.63, 3.8) is 0 Å². The number of hydrogen-bond donors (Lipinski definition) is 4. The van der Waals surface area contributed by atoms with Crippen molar-refractivity contribution in [3.8, 4) is 0 Å². The van der Waals surface area contributed by atoms with Crippen molar-refractivity contribution >= 4 is 14.6 Å². The van der Waals surface area contributed by atoms with Gasteiger partial charge in [-0.25, -0.2) is 4.67 Å². The molecule has 142 valence electrons. The summed E-state index contributed by atoms with van der Waals surface area (Å²) in [5, 5.41) is 39.2. The summed E-state index contributed by atoms with van der Waals surface area (Å²) in [4.78, 5) is 12.1. The molecule has 0 aliphatic rings. The molecule has 3 unspecified atom stereocenters. The maximum atomic E-state index is 12.1. The Bertz CT molecular complexity index is 370. The topological polar surface area (TPSA) is 118 Å². The first-order chi connectivity index (χ1) is 11.4. The lowest BCUT2D eigenvalue weighted by Gasteiger charge is -2.40. The molecule has 0 fully saturated rings. The Morgan fingerprint density at radius 1 is 1.12 bits per heavy atom. The number of rotatable bonds is 15. The van der Waals surface area contributed by atoms with Crippen LogP contribution in [0, 0.1) is 0 Å². The zero-order chi connectivity index (χ0) is 18.6.